The monoisotopic (exact) mass is 306 g/mol. The second-order valence-corrected chi connectivity index (χ2v) is 7.35. The first kappa shape index (κ1) is 13.8. The molecule has 1 amide bonds. The van der Waals surface area contributed by atoms with Gasteiger partial charge in [0.2, 0.25) is 5.91 Å². The van der Waals surface area contributed by atoms with Crippen LogP contribution in [0.25, 0.3) is 0 Å². The summed E-state index contributed by atoms with van der Waals surface area (Å²) in [7, 11) is 0. The minimum Gasteiger partial charge on any atom is -0.316 e. The molecule has 3 nitrogen and oxygen atoms in total. The van der Waals surface area contributed by atoms with Crippen molar-refractivity contribution in [2.24, 2.45) is 0 Å². The Morgan fingerprint density at radius 3 is 2.70 bits per heavy atom. The lowest BCUT2D eigenvalue weighted by atomic mass is 10.2. The van der Waals surface area contributed by atoms with Gasteiger partial charge >= 0.3 is 0 Å². The van der Waals surface area contributed by atoms with Crippen molar-refractivity contribution in [3.63, 3.8) is 0 Å². The maximum Gasteiger partial charge on any atom is 0.241 e. The molecule has 3 heterocycles. The maximum atomic E-state index is 12.4. The minimum absolute atomic E-state index is 0.00972. The number of nitrogens with zero attached hydrogens (tertiary/aromatic N) is 1. The molecule has 3 rings (SSSR count). The first-order chi connectivity index (χ1) is 9.56. The van der Waals surface area contributed by atoms with E-state index in [0.717, 1.165) is 0 Å². The molecule has 1 fully saturated rings. The second-order valence-electron chi connectivity index (χ2n) is 5.29. The summed E-state index contributed by atoms with van der Waals surface area (Å²) in [6.45, 7) is 6.83. The molecule has 1 N–H and O–H groups in total. The number of carbonyl (C=O) groups is 1. The van der Waals surface area contributed by atoms with E-state index in [4.69, 9.17) is 0 Å². The van der Waals surface area contributed by atoms with E-state index in [2.05, 4.69) is 42.1 Å². The van der Waals surface area contributed by atoms with Crippen LogP contribution in [0.2, 0.25) is 0 Å². The van der Waals surface area contributed by atoms with Crippen molar-refractivity contribution in [2.75, 3.05) is 0 Å². The van der Waals surface area contributed by atoms with Gasteiger partial charge in [-0.2, -0.15) is 11.3 Å². The third-order valence-electron chi connectivity index (χ3n) is 3.71. The zero-order valence-electron chi connectivity index (χ0n) is 11.8. The molecule has 2 unspecified atom stereocenters. The standard InChI is InChI=1S/C15H18N2OS2/c1-9-7-19-8-12(9)6-17-14(16-11(3)15(17)18)13-5-4-10(2)20-13/h4-5,7-8,11,14,16H,6H2,1-3H3. The maximum absolute atomic E-state index is 12.4. The van der Waals surface area contributed by atoms with Gasteiger partial charge in [-0.25, -0.2) is 0 Å². The predicted octanol–water partition coefficient (Wildman–Crippen LogP) is 3.45. The molecule has 5 heteroatoms. The molecule has 0 aromatic carbocycles. The van der Waals surface area contributed by atoms with Crippen LogP contribution >= 0.6 is 22.7 Å². The highest BCUT2D eigenvalue weighted by molar-refractivity contribution is 7.12. The Bertz CT molecular complexity index is 631. The van der Waals surface area contributed by atoms with Gasteiger partial charge in [-0.05, 0) is 54.8 Å². The number of amides is 1. The molecule has 2 atom stereocenters. The van der Waals surface area contributed by atoms with Gasteiger partial charge in [0.1, 0.15) is 6.17 Å². The van der Waals surface area contributed by atoms with Crippen LogP contribution in [0.1, 0.15) is 34.0 Å². The summed E-state index contributed by atoms with van der Waals surface area (Å²) in [5.74, 6) is 0.187. The van der Waals surface area contributed by atoms with Crippen molar-refractivity contribution < 1.29 is 4.79 Å². The van der Waals surface area contributed by atoms with Gasteiger partial charge < -0.3 is 4.90 Å². The molecule has 0 saturated carbocycles. The molecule has 2 aromatic heterocycles. The largest absolute Gasteiger partial charge is 0.316 e. The van der Waals surface area contributed by atoms with E-state index < -0.39 is 0 Å². The van der Waals surface area contributed by atoms with E-state index >= 15 is 0 Å². The molecule has 2 aromatic rings. The van der Waals surface area contributed by atoms with E-state index in [1.165, 1.54) is 20.9 Å². The Morgan fingerprint density at radius 2 is 2.10 bits per heavy atom. The molecular formula is C15H18N2OS2. The average Bonchev–Trinajstić information content (AvgIpc) is 3.07. The molecule has 1 aliphatic rings. The van der Waals surface area contributed by atoms with Gasteiger partial charge in [0.25, 0.3) is 0 Å². The van der Waals surface area contributed by atoms with E-state index in [0.29, 0.717) is 6.54 Å². The summed E-state index contributed by atoms with van der Waals surface area (Å²) in [4.78, 5) is 16.9. The Morgan fingerprint density at radius 1 is 1.30 bits per heavy atom. The summed E-state index contributed by atoms with van der Waals surface area (Å²) in [5.41, 5.74) is 2.51. The van der Waals surface area contributed by atoms with E-state index in [-0.39, 0.29) is 18.1 Å². The lowest BCUT2D eigenvalue weighted by Gasteiger charge is -2.23. The number of aryl methyl sites for hydroxylation is 2. The van der Waals surface area contributed by atoms with Crippen LogP contribution in [0.5, 0.6) is 0 Å². The Hall–Kier alpha value is -1.17. The average molecular weight is 306 g/mol. The highest BCUT2D eigenvalue weighted by Crippen LogP contribution is 2.32. The van der Waals surface area contributed by atoms with Crippen molar-refractivity contribution in [1.82, 2.24) is 10.2 Å². The van der Waals surface area contributed by atoms with Crippen molar-refractivity contribution in [3.8, 4) is 0 Å². The summed E-state index contributed by atoms with van der Waals surface area (Å²) < 4.78 is 0. The van der Waals surface area contributed by atoms with Gasteiger partial charge in [-0.3, -0.25) is 10.1 Å². The lowest BCUT2D eigenvalue weighted by molar-refractivity contribution is -0.130. The fourth-order valence-corrected chi connectivity index (χ4v) is 4.31. The van der Waals surface area contributed by atoms with Crippen LogP contribution in [0.15, 0.2) is 22.9 Å². The third-order valence-corrected chi connectivity index (χ3v) is 5.67. The molecule has 106 valence electrons. The first-order valence-electron chi connectivity index (χ1n) is 6.71. The van der Waals surface area contributed by atoms with Crippen LogP contribution in [-0.2, 0) is 11.3 Å². The zero-order chi connectivity index (χ0) is 14.3. The third kappa shape index (κ3) is 2.41. The highest BCUT2D eigenvalue weighted by Gasteiger charge is 2.37. The Kier molecular flexibility index (Phi) is 3.67. The van der Waals surface area contributed by atoms with Crippen molar-refractivity contribution in [3.05, 3.63) is 43.8 Å². The molecule has 0 aliphatic carbocycles. The topological polar surface area (TPSA) is 32.3 Å². The van der Waals surface area contributed by atoms with E-state index in [1.54, 1.807) is 22.7 Å². The molecule has 0 radical (unpaired) electrons. The van der Waals surface area contributed by atoms with Crippen LogP contribution in [0, 0.1) is 13.8 Å². The zero-order valence-corrected chi connectivity index (χ0v) is 13.5. The normalized spacial score (nSPS) is 22.8. The molecule has 1 aliphatic heterocycles. The van der Waals surface area contributed by atoms with Gasteiger partial charge in [-0.15, -0.1) is 11.3 Å². The van der Waals surface area contributed by atoms with Crippen LogP contribution < -0.4 is 5.32 Å². The van der Waals surface area contributed by atoms with Crippen LogP contribution in [0.3, 0.4) is 0 Å². The molecule has 0 bridgehead atoms. The molecule has 1 saturated heterocycles. The number of thiophene rings is 2. The number of carbonyl (C=O) groups excluding carboxylic acids is 1. The summed E-state index contributed by atoms with van der Waals surface area (Å²) in [6, 6.07) is 4.13. The molecule has 20 heavy (non-hydrogen) atoms. The number of nitrogens with one attached hydrogen (secondary N) is 1. The predicted molar refractivity (Wildman–Crippen MR) is 84.0 cm³/mol. The van der Waals surface area contributed by atoms with Crippen molar-refractivity contribution in [2.45, 2.75) is 39.5 Å². The Balaban J connectivity index is 1.89. The smallest absolute Gasteiger partial charge is 0.241 e. The van der Waals surface area contributed by atoms with Gasteiger partial charge in [-0.1, -0.05) is 0 Å². The minimum atomic E-state index is -0.110. The SMILES string of the molecule is Cc1ccc(C2NC(C)C(=O)N2Cc2cscc2C)s1. The fraction of sp³-hybridized carbons (Fsp3) is 0.400. The summed E-state index contributed by atoms with van der Waals surface area (Å²) >= 11 is 3.45. The number of rotatable bonds is 3. The van der Waals surface area contributed by atoms with Gasteiger partial charge in [0.15, 0.2) is 0 Å². The quantitative estimate of drug-likeness (QED) is 0.942. The first-order valence-corrected chi connectivity index (χ1v) is 8.46. The lowest BCUT2D eigenvalue weighted by Crippen LogP contribution is -2.29. The van der Waals surface area contributed by atoms with Gasteiger partial charge in [0.05, 0.1) is 6.04 Å². The summed E-state index contributed by atoms with van der Waals surface area (Å²) in [6.07, 6.45) is 0.00972. The number of hydrogen-bond acceptors (Lipinski definition) is 4. The van der Waals surface area contributed by atoms with Gasteiger partial charge in [0, 0.05) is 16.3 Å². The van der Waals surface area contributed by atoms with Crippen molar-refractivity contribution in [1.29, 1.82) is 0 Å². The van der Waals surface area contributed by atoms with Crippen molar-refractivity contribution >= 4 is 28.6 Å². The van der Waals surface area contributed by atoms with E-state index in [1.807, 2.05) is 11.8 Å². The fourth-order valence-electron chi connectivity index (χ4n) is 2.51. The second kappa shape index (κ2) is 5.31. The highest BCUT2D eigenvalue weighted by atomic mass is 32.1. The number of hydrogen-bond donors (Lipinski definition) is 1. The molecular weight excluding hydrogens is 288 g/mol. The van der Waals surface area contributed by atoms with Crippen LogP contribution in [0.4, 0.5) is 0 Å². The van der Waals surface area contributed by atoms with E-state index in [9.17, 15) is 4.79 Å². The Labute approximate surface area is 127 Å². The summed E-state index contributed by atoms with van der Waals surface area (Å²) in [5, 5.41) is 7.68. The van der Waals surface area contributed by atoms with Crippen LogP contribution in [-0.4, -0.2) is 16.8 Å². The molecule has 0 spiro atoms.